The second-order valence-electron chi connectivity index (χ2n) is 5.38. The molecule has 0 saturated carbocycles. The Kier molecular flexibility index (Phi) is 4.58. The van der Waals surface area contributed by atoms with Gasteiger partial charge in [-0.25, -0.2) is 4.39 Å². The van der Waals surface area contributed by atoms with E-state index in [1.165, 1.54) is 6.07 Å². The maximum Gasteiger partial charge on any atom is 0.147 e. The number of thiocarbonyl (C=S) groups is 1. The van der Waals surface area contributed by atoms with E-state index in [2.05, 4.69) is 25.2 Å². The summed E-state index contributed by atoms with van der Waals surface area (Å²) in [5.41, 5.74) is 9.67. The van der Waals surface area contributed by atoms with Crippen molar-refractivity contribution in [3.63, 3.8) is 0 Å². The zero-order valence-electron chi connectivity index (χ0n) is 12.4. The summed E-state index contributed by atoms with van der Waals surface area (Å²) >= 11 is 4.86. The van der Waals surface area contributed by atoms with Gasteiger partial charge in [0.2, 0.25) is 0 Å². The van der Waals surface area contributed by atoms with Crippen LogP contribution in [0.4, 0.5) is 15.8 Å². The molecule has 2 nitrogen and oxygen atoms in total. The van der Waals surface area contributed by atoms with Crippen LogP contribution in [-0.4, -0.2) is 4.99 Å². The molecule has 0 bridgehead atoms. The van der Waals surface area contributed by atoms with Crippen molar-refractivity contribution >= 4 is 28.6 Å². The van der Waals surface area contributed by atoms with Gasteiger partial charge in [-0.2, -0.15) is 0 Å². The van der Waals surface area contributed by atoms with Gasteiger partial charge in [-0.05, 0) is 42.2 Å². The van der Waals surface area contributed by atoms with Crippen LogP contribution in [0.3, 0.4) is 0 Å². The molecule has 0 radical (unpaired) electrons. The molecule has 21 heavy (non-hydrogen) atoms. The fraction of sp³-hybridized carbons (Fsp3) is 0.235. The van der Waals surface area contributed by atoms with E-state index in [9.17, 15) is 4.39 Å². The Morgan fingerprint density at radius 3 is 2.52 bits per heavy atom. The van der Waals surface area contributed by atoms with Gasteiger partial charge in [0.15, 0.2) is 0 Å². The van der Waals surface area contributed by atoms with Crippen LogP contribution < -0.4 is 11.1 Å². The van der Waals surface area contributed by atoms with E-state index < -0.39 is 0 Å². The Bertz CT molecular complexity index is 680. The maximum atomic E-state index is 14.2. The molecule has 0 saturated heterocycles. The molecule has 0 heterocycles. The summed E-state index contributed by atoms with van der Waals surface area (Å²) in [7, 11) is 0. The van der Waals surface area contributed by atoms with Gasteiger partial charge >= 0.3 is 0 Å². The van der Waals surface area contributed by atoms with Crippen LogP contribution in [0, 0.1) is 12.7 Å². The first-order chi connectivity index (χ1) is 9.90. The minimum absolute atomic E-state index is 0.194. The van der Waals surface area contributed by atoms with Gasteiger partial charge < -0.3 is 11.1 Å². The standard InChI is InChI=1S/C17H19FN2S/c1-10(2)13-6-4-5-11(3)16(13)20-15-8-7-12(17(19)21)9-14(15)18/h4-10,20H,1-3H3,(H2,19,21). The van der Waals surface area contributed by atoms with E-state index in [1.54, 1.807) is 12.1 Å². The van der Waals surface area contributed by atoms with Crippen LogP contribution in [0.2, 0.25) is 0 Å². The molecular formula is C17H19FN2S. The molecule has 2 aromatic carbocycles. The summed E-state index contributed by atoms with van der Waals surface area (Å²) in [4.78, 5) is 0.194. The van der Waals surface area contributed by atoms with Crippen molar-refractivity contribution in [2.75, 3.05) is 5.32 Å². The number of hydrogen-bond acceptors (Lipinski definition) is 2. The molecule has 0 fully saturated rings. The molecule has 0 atom stereocenters. The summed E-state index contributed by atoms with van der Waals surface area (Å²) in [5, 5.41) is 3.20. The fourth-order valence-electron chi connectivity index (χ4n) is 2.25. The summed E-state index contributed by atoms with van der Waals surface area (Å²) in [6, 6.07) is 10.8. The van der Waals surface area contributed by atoms with E-state index >= 15 is 0 Å². The molecule has 2 aromatic rings. The fourth-order valence-corrected chi connectivity index (χ4v) is 2.37. The molecular weight excluding hydrogens is 283 g/mol. The Hall–Kier alpha value is -1.94. The maximum absolute atomic E-state index is 14.2. The lowest BCUT2D eigenvalue weighted by Crippen LogP contribution is -2.10. The minimum Gasteiger partial charge on any atom is -0.389 e. The molecule has 0 aliphatic rings. The van der Waals surface area contributed by atoms with Crippen LogP contribution in [-0.2, 0) is 0 Å². The lowest BCUT2D eigenvalue weighted by molar-refractivity contribution is 0.631. The highest BCUT2D eigenvalue weighted by atomic mass is 32.1. The number of anilines is 2. The molecule has 110 valence electrons. The van der Waals surface area contributed by atoms with Crippen LogP contribution >= 0.6 is 12.2 Å². The van der Waals surface area contributed by atoms with Crippen molar-refractivity contribution in [3.8, 4) is 0 Å². The minimum atomic E-state index is -0.363. The molecule has 0 aromatic heterocycles. The van der Waals surface area contributed by atoms with E-state index in [0.29, 0.717) is 17.2 Å². The van der Waals surface area contributed by atoms with Crippen molar-refractivity contribution in [1.29, 1.82) is 0 Å². The van der Waals surface area contributed by atoms with Crippen molar-refractivity contribution in [3.05, 3.63) is 58.9 Å². The molecule has 4 heteroatoms. The van der Waals surface area contributed by atoms with Crippen LogP contribution in [0.15, 0.2) is 36.4 Å². The SMILES string of the molecule is Cc1cccc(C(C)C)c1Nc1ccc(C(N)=S)cc1F. The molecule has 0 amide bonds. The van der Waals surface area contributed by atoms with E-state index in [4.69, 9.17) is 18.0 Å². The van der Waals surface area contributed by atoms with Crippen LogP contribution in [0.25, 0.3) is 0 Å². The van der Waals surface area contributed by atoms with Crippen molar-refractivity contribution in [2.24, 2.45) is 5.73 Å². The monoisotopic (exact) mass is 302 g/mol. The number of para-hydroxylation sites is 1. The number of rotatable bonds is 4. The molecule has 0 aliphatic carbocycles. The number of hydrogen-bond donors (Lipinski definition) is 2. The average molecular weight is 302 g/mol. The van der Waals surface area contributed by atoms with E-state index in [-0.39, 0.29) is 10.8 Å². The summed E-state index contributed by atoms with van der Waals surface area (Å²) in [6.07, 6.45) is 0. The predicted octanol–water partition coefficient (Wildman–Crippen LogP) is 4.64. The quantitative estimate of drug-likeness (QED) is 0.808. The lowest BCUT2D eigenvalue weighted by Gasteiger charge is -2.18. The Morgan fingerprint density at radius 1 is 1.24 bits per heavy atom. The van der Waals surface area contributed by atoms with Gasteiger partial charge in [-0.1, -0.05) is 44.3 Å². The largest absolute Gasteiger partial charge is 0.389 e. The summed E-state index contributed by atoms with van der Waals surface area (Å²) in [6.45, 7) is 6.24. The van der Waals surface area contributed by atoms with Gasteiger partial charge in [0.1, 0.15) is 10.8 Å². The number of nitrogens with two attached hydrogens (primary N) is 1. The molecule has 2 rings (SSSR count). The zero-order valence-corrected chi connectivity index (χ0v) is 13.2. The number of halogens is 1. The van der Waals surface area contributed by atoms with Gasteiger partial charge in [0, 0.05) is 11.3 Å². The first-order valence-electron chi connectivity index (χ1n) is 6.86. The van der Waals surface area contributed by atoms with Crippen LogP contribution in [0.5, 0.6) is 0 Å². The van der Waals surface area contributed by atoms with Crippen molar-refractivity contribution < 1.29 is 4.39 Å². The number of aryl methyl sites for hydroxylation is 1. The highest BCUT2D eigenvalue weighted by Gasteiger charge is 2.12. The molecule has 3 N–H and O–H groups in total. The van der Waals surface area contributed by atoms with Crippen molar-refractivity contribution in [1.82, 2.24) is 0 Å². The lowest BCUT2D eigenvalue weighted by atomic mass is 9.98. The highest BCUT2D eigenvalue weighted by molar-refractivity contribution is 7.80. The van der Waals surface area contributed by atoms with Gasteiger partial charge in [0.05, 0.1) is 5.69 Å². The molecule has 0 spiro atoms. The van der Waals surface area contributed by atoms with E-state index in [0.717, 1.165) is 16.8 Å². The molecule has 0 unspecified atom stereocenters. The van der Waals surface area contributed by atoms with Crippen molar-refractivity contribution in [2.45, 2.75) is 26.7 Å². The molecule has 0 aliphatic heterocycles. The topological polar surface area (TPSA) is 38.0 Å². The van der Waals surface area contributed by atoms with E-state index in [1.807, 2.05) is 19.1 Å². The first-order valence-corrected chi connectivity index (χ1v) is 7.27. The number of nitrogens with one attached hydrogen (secondary N) is 1. The first kappa shape index (κ1) is 15.4. The second kappa shape index (κ2) is 6.22. The third-order valence-corrected chi connectivity index (χ3v) is 3.68. The highest BCUT2D eigenvalue weighted by Crippen LogP contribution is 2.31. The third-order valence-electron chi connectivity index (χ3n) is 3.44. The number of benzene rings is 2. The Labute approximate surface area is 130 Å². The summed E-state index contributed by atoms with van der Waals surface area (Å²) < 4.78 is 14.2. The normalized spacial score (nSPS) is 10.7. The Balaban J connectivity index is 2.41. The van der Waals surface area contributed by atoms with Gasteiger partial charge in [-0.15, -0.1) is 0 Å². The van der Waals surface area contributed by atoms with Gasteiger partial charge in [0.25, 0.3) is 0 Å². The van der Waals surface area contributed by atoms with Gasteiger partial charge in [-0.3, -0.25) is 0 Å². The summed E-state index contributed by atoms with van der Waals surface area (Å²) in [5.74, 6) is -0.00962. The smallest absolute Gasteiger partial charge is 0.147 e. The Morgan fingerprint density at radius 2 is 1.95 bits per heavy atom. The predicted molar refractivity (Wildman–Crippen MR) is 90.8 cm³/mol. The second-order valence-corrected chi connectivity index (χ2v) is 5.82. The zero-order chi connectivity index (χ0) is 15.6. The third kappa shape index (κ3) is 3.39. The van der Waals surface area contributed by atoms with Crippen LogP contribution in [0.1, 0.15) is 36.5 Å². The average Bonchev–Trinajstić information content (AvgIpc) is 2.42.